The average Bonchev–Trinajstić information content (AvgIpc) is 2.76. The van der Waals surface area contributed by atoms with Crippen molar-refractivity contribution in [3.8, 4) is 0 Å². The molecule has 0 unspecified atom stereocenters. The molecule has 0 aromatic heterocycles. The van der Waals surface area contributed by atoms with Crippen molar-refractivity contribution in [2.75, 3.05) is 18.6 Å². The van der Waals surface area contributed by atoms with Gasteiger partial charge >= 0.3 is 11.9 Å². The lowest BCUT2D eigenvalue weighted by Gasteiger charge is -1.93. The highest BCUT2D eigenvalue weighted by Gasteiger charge is 1.85. The smallest absolute Gasteiger partial charge is 0.339 e. The fourth-order valence-electron chi connectivity index (χ4n) is 1.17. The van der Waals surface area contributed by atoms with Crippen molar-refractivity contribution in [2.45, 2.75) is 55.4 Å². The predicted octanol–water partition coefficient (Wildman–Crippen LogP) is 5.41. The first kappa shape index (κ1) is 34.4. The van der Waals surface area contributed by atoms with Crippen molar-refractivity contribution in [3.05, 3.63) is 59.7 Å². The van der Waals surface area contributed by atoms with E-state index in [0.717, 1.165) is 29.4 Å². The zero-order valence-corrected chi connectivity index (χ0v) is 19.9. The van der Waals surface area contributed by atoms with Gasteiger partial charge < -0.3 is 21.1 Å². The van der Waals surface area contributed by atoms with Gasteiger partial charge in [-0.3, -0.25) is 4.79 Å². The standard InChI is InChI=1S/2C7H9N.C3H6O2.C2H4O3.2C2H6/c2*1-6-4-2-3-5-7(6)8;1-3(4)5-2;1-2(3)5-4;2*1-2/h2*2-5H,8H2,1H3;1-2H3;4H,1H3;2*1-2H3. The summed E-state index contributed by atoms with van der Waals surface area (Å²) in [4.78, 5) is 22.0. The summed E-state index contributed by atoms with van der Waals surface area (Å²) in [5.74, 6) is -0.935. The predicted molar refractivity (Wildman–Crippen MR) is 126 cm³/mol. The number of carbonyl (C=O) groups is 2. The van der Waals surface area contributed by atoms with Gasteiger partial charge in [0.2, 0.25) is 0 Å². The first-order chi connectivity index (χ1) is 14.1. The van der Waals surface area contributed by atoms with Crippen LogP contribution in [0.5, 0.6) is 0 Å². The highest BCUT2D eigenvalue weighted by molar-refractivity contribution is 5.65. The number of methoxy groups -OCH3 is 1. The molecule has 30 heavy (non-hydrogen) atoms. The summed E-state index contributed by atoms with van der Waals surface area (Å²) in [6, 6.07) is 15.6. The van der Waals surface area contributed by atoms with Crippen molar-refractivity contribution < 1.29 is 24.5 Å². The first-order valence-corrected chi connectivity index (χ1v) is 9.64. The van der Waals surface area contributed by atoms with Crippen LogP contribution in [0.4, 0.5) is 11.4 Å². The van der Waals surface area contributed by atoms with Crippen LogP contribution in [0.2, 0.25) is 0 Å². The summed E-state index contributed by atoms with van der Waals surface area (Å²) in [5, 5.41) is 7.29. The molecule has 0 spiro atoms. The molecule has 7 heteroatoms. The van der Waals surface area contributed by atoms with E-state index in [2.05, 4.69) is 9.62 Å². The molecule has 0 aliphatic heterocycles. The van der Waals surface area contributed by atoms with E-state index in [1.54, 1.807) is 0 Å². The number of nitrogen functional groups attached to an aromatic ring is 2. The summed E-state index contributed by atoms with van der Waals surface area (Å²) in [7, 11) is 1.35. The van der Waals surface area contributed by atoms with Gasteiger partial charge in [-0.25, -0.2) is 4.79 Å². The van der Waals surface area contributed by atoms with Crippen LogP contribution in [0.1, 0.15) is 52.7 Å². The Hall–Kier alpha value is -3.06. The highest BCUT2D eigenvalue weighted by Crippen LogP contribution is 2.07. The molecule has 0 fully saturated rings. The third-order valence-electron chi connectivity index (χ3n) is 2.79. The quantitative estimate of drug-likeness (QED) is 0.223. The van der Waals surface area contributed by atoms with Crippen LogP contribution >= 0.6 is 0 Å². The molecule has 0 atom stereocenters. The number of carbonyl (C=O) groups excluding carboxylic acids is 2. The van der Waals surface area contributed by atoms with Crippen LogP contribution in [0, 0.1) is 13.8 Å². The number of hydrogen-bond donors (Lipinski definition) is 3. The van der Waals surface area contributed by atoms with Gasteiger partial charge in [0.1, 0.15) is 0 Å². The van der Waals surface area contributed by atoms with Crippen molar-refractivity contribution in [2.24, 2.45) is 0 Å². The number of hydrogen-bond acceptors (Lipinski definition) is 7. The van der Waals surface area contributed by atoms with Gasteiger partial charge in [-0.05, 0) is 37.1 Å². The fraction of sp³-hybridized carbons (Fsp3) is 0.391. The summed E-state index contributed by atoms with van der Waals surface area (Å²) in [6.07, 6.45) is 0. The van der Waals surface area contributed by atoms with Crippen LogP contribution in [0.25, 0.3) is 0 Å². The van der Waals surface area contributed by atoms with E-state index < -0.39 is 5.97 Å². The molecule has 0 saturated heterocycles. The minimum absolute atomic E-state index is 0.245. The maximum absolute atomic E-state index is 9.59. The summed E-state index contributed by atoms with van der Waals surface area (Å²) in [5.41, 5.74) is 15.1. The normalized spacial score (nSPS) is 7.53. The first-order valence-electron chi connectivity index (χ1n) is 9.64. The second-order valence-corrected chi connectivity index (χ2v) is 4.99. The molecule has 0 aliphatic carbocycles. The van der Waals surface area contributed by atoms with Gasteiger partial charge in [-0.2, -0.15) is 5.26 Å². The largest absolute Gasteiger partial charge is 0.469 e. The maximum Gasteiger partial charge on any atom is 0.339 e. The number of rotatable bonds is 0. The SMILES string of the molecule is CC.CC.CC(=O)OO.COC(C)=O.Cc1ccccc1N.Cc1ccccc1N. The second-order valence-electron chi connectivity index (χ2n) is 4.99. The number of para-hydroxylation sites is 2. The van der Waals surface area contributed by atoms with Crippen molar-refractivity contribution in [1.29, 1.82) is 0 Å². The van der Waals surface area contributed by atoms with Crippen LogP contribution in [0.15, 0.2) is 48.5 Å². The zero-order chi connectivity index (χ0) is 24.5. The molecule has 0 saturated carbocycles. The molecular weight excluding hydrogens is 384 g/mol. The van der Waals surface area contributed by atoms with E-state index in [1.807, 2.05) is 90.1 Å². The number of esters is 1. The van der Waals surface area contributed by atoms with Gasteiger partial charge in [-0.15, -0.1) is 0 Å². The minimum Gasteiger partial charge on any atom is -0.469 e. The Labute approximate surface area is 181 Å². The van der Waals surface area contributed by atoms with Crippen LogP contribution < -0.4 is 11.5 Å². The van der Waals surface area contributed by atoms with Gasteiger partial charge in [0.15, 0.2) is 0 Å². The Kier molecular flexibility index (Phi) is 29.8. The van der Waals surface area contributed by atoms with Crippen molar-refractivity contribution in [3.63, 3.8) is 0 Å². The number of nitrogens with two attached hydrogens (primary N) is 2. The molecule has 0 amide bonds. The Morgan fingerprint density at radius 3 is 1.07 bits per heavy atom. The highest BCUT2D eigenvalue weighted by atomic mass is 17.1. The number of aryl methyl sites for hydroxylation is 2. The van der Waals surface area contributed by atoms with Crippen LogP contribution in [-0.2, 0) is 19.2 Å². The molecule has 7 nitrogen and oxygen atoms in total. The second kappa shape index (κ2) is 25.9. The van der Waals surface area contributed by atoms with Gasteiger partial charge in [0.25, 0.3) is 0 Å². The Morgan fingerprint density at radius 1 is 0.733 bits per heavy atom. The Morgan fingerprint density at radius 2 is 0.967 bits per heavy atom. The maximum atomic E-state index is 9.59. The molecule has 0 bridgehead atoms. The van der Waals surface area contributed by atoms with E-state index in [4.69, 9.17) is 16.7 Å². The molecule has 0 radical (unpaired) electrons. The van der Waals surface area contributed by atoms with E-state index in [-0.39, 0.29) is 5.97 Å². The average molecular weight is 425 g/mol. The van der Waals surface area contributed by atoms with Crippen LogP contribution in [-0.4, -0.2) is 24.3 Å². The van der Waals surface area contributed by atoms with Gasteiger partial charge in [-0.1, -0.05) is 64.1 Å². The third-order valence-corrected chi connectivity index (χ3v) is 2.79. The zero-order valence-electron chi connectivity index (χ0n) is 19.9. The summed E-state index contributed by atoms with van der Waals surface area (Å²) >= 11 is 0. The molecule has 172 valence electrons. The Balaban J connectivity index is -0.000000145. The summed E-state index contributed by atoms with van der Waals surface area (Å²) in [6.45, 7) is 14.5. The van der Waals surface area contributed by atoms with E-state index in [0.29, 0.717) is 0 Å². The number of benzene rings is 2. The lowest BCUT2D eigenvalue weighted by atomic mass is 10.2. The van der Waals surface area contributed by atoms with E-state index in [1.165, 1.54) is 14.0 Å². The number of ether oxygens (including phenoxy) is 1. The van der Waals surface area contributed by atoms with E-state index >= 15 is 0 Å². The Bertz CT molecular complexity index is 562. The monoisotopic (exact) mass is 424 g/mol. The lowest BCUT2D eigenvalue weighted by molar-refractivity contribution is -0.231. The molecule has 2 aromatic carbocycles. The van der Waals surface area contributed by atoms with Crippen molar-refractivity contribution in [1.82, 2.24) is 0 Å². The molecule has 2 rings (SSSR count). The molecule has 0 heterocycles. The topological polar surface area (TPSA) is 125 Å². The van der Waals surface area contributed by atoms with Crippen LogP contribution in [0.3, 0.4) is 0 Å². The lowest BCUT2D eigenvalue weighted by Crippen LogP contribution is -1.89. The number of anilines is 2. The van der Waals surface area contributed by atoms with Gasteiger partial charge in [0.05, 0.1) is 7.11 Å². The molecule has 5 N–H and O–H groups in total. The fourth-order valence-corrected chi connectivity index (χ4v) is 1.17. The molecule has 0 aliphatic rings. The molecule has 2 aromatic rings. The van der Waals surface area contributed by atoms with E-state index in [9.17, 15) is 9.59 Å². The molecular formula is C23H40N2O5. The van der Waals surface area contributed by atoms with Gasteiger partial charge in [0, 0.05) is 25.2 Å². The summed E-state index contributed by atoms with van der Waals surface area (Å²) < 4.78 is 4.11. The minimum atomic E-state index is -0.690. The third kappa shape index (κ3) is 27.2. The van der Waals surface area contributed by atoms with Crippen molar-refractivity contribution >= 4 is 23.3 Å².